The molecule has 6 heteroatoms. The molecule has 0 aromatic carbocycles. The minimum atomic E-state index is -4.34. The highest BCUT2D eigenvalue weighted by Gasteiger charge is 2.30. The quantitative estimate of drug-likeness (QED) is 0.621. The largest absolute Gasteiger partial charge is 0.417 e. The summed E-state index contributed by atoms with van der Waals surface area (Å²) in [6.07, 6.45) is 1.72. The van der Waals surface area contributed by atoms with Gasteiger partial charge in [0.2, 0.25) is 0 Å². The van der Waals surface area contributed by atoms with Crippen LogP contribution in [0.2, 0.25) is 0 Å². The molecule has 1 heterocycles. The molecule has 0 spiro atoms. The van der Waals surface area contributed by atoms with Gasteiger partial charge in [0.15, 0.2) is 0 Å². The van der Waals surface area contributed by atoms with Crippen LogP contribution in [0.25, 0.3) is 0 Å². The number of aromatic nitrogens is 1. The molecule has 0 amide bonds. The third kappa shape index (κ3) is 3.94. The van der Waals surface area contributed by atoms with Crippen molar-refractivity contribution < 1.29 is 13.2 Å². The summed E-state index contributed by atoms with van der Waals surface area (Å²) >= 11 is 0. The van der Waals surface area contributed by atoms with Crippen LogP contribution in [0.5, 0.6) is 0 Å². The first-order chi connectivity index (χ1) is 8.95. The molecule has 0 bridgehead atoms. The maximum absolute atomic E-state index is 12.3. The van der Waals surface area contributed by atoms with Crippen LogP contribution in [0, 0.1) is 5.92 Å². The minimum absolute atomic E-state index is 0.424. The van der Waals surface area contributed by atoms with Gasteiger partial charge in [-0.25, -0.2) is 0 Å². The molecular formula is C13H16F3N3. The second-order valence-corrected chi connectivity index (χ2v) is 4.85. The van der Waals surface area contributed by atoms with Crippen molar-refractivity contribution in [1.82, 2.24) is 9.99 Å². The van der Waals surface area contributed by atoms with Crippen LogP contribution in [0.3, 0.4) is 0 Å². The summed E-state index contributed by atoms with van der Waals surface area (Å²) in [4.78, 5) is 3.73. The summed E-state index contributed by atoms with van der Waals surface area (Å²) < 4.78 is 37.0. The SMILES string of the molecule is CN(CC1CCC1)/N=C/c1ccc(C(F)(F)F)cn1. The van der Waals surface area contributed by atoms with Crippen LogP contribution in [0.15, 0.2) is 23.4 Å². The van der Waals surface area contributed by atoms with E-state index in [4.69, 9.17) is 0 Å². The summed E-state index contributed by atoms with van der Waals surface area (Å²) in [5.74, 6) is 0.697. The summed E-state index contributed by atoms with van der Waals surface area (Å²) in [5.41, 5.74) is -0.319. The fourth-order valence-corrected chi connectivity index (χ4v) is 1.90. The van der Waals surface area contributed by atoms with Crippen LogP contribution in [0.4, 0.5) is 13.2 Å². The molecule has 0 radical (unpaired) electrons. The van der Waals surface area contributed by atoms with Crippen LogP contribution in [-0.4, -0.2) is 29.8 Å². The molecule has 19 heavy (non-hydrogen) atoms. The van der Waals surface area contributed by atoms with Gasteiger partial charge in [-0.1, -0.05) is 6.42 Å². The standard InChI is InChI=1S/C13H16F3N3/c1-19(9-10-3-2-4-10)18-8-12-6-5-11(7-17-12)13(14,15)16/h5-8,10H,2-4,9H2,1H3/b18-8+. The summed E-state index contributed by atoms with van der Waals surface area (Å²) in [5, 5.41) is 5.98. The smallest absolute Gasteiger partial charge is 0.300 e. The van der Waals surface area contributed by atoms with E-state index in [2.05, 4.69) is 10.1 Å². The Kier molecular flexibility index (Phi) is 4.07. The Morgan fingerprint density at radius 1 is 1.42 bits per heavy atom. The van der Waals surface area contributed by atoms with Crippen molar-refractivity contribution in [1.29, 1.82) is 0 Å². The van der Waals surface area contributed by atoms with E-state index < -0.39 is 11.7 Å². The summed E-state index contributed by atoms with van der Waals surface area (Å²) in [7, 11) is 1.86. The van der Waals surface area contributed by atoms with Crippen molar-refractivity contribution in [3.05, 3.63) is 29.6 Å². The monoisotopic (exact) mass is 271 g/mol. The number of nitrogens with zero attached hydrogens (tertiary/aromatic N) is 3. The number of halogens is 3. The molecule has 0 saturated heterocycles. The predicted molar refractivity (Wildman–Crippen MR) is 66.8 cm³/mol. The van der Waals surface area contributed by atoms with Crippen molar-refractivity contribution in [3.8, 4) is 0 Å². The molecule has 0 aliphatic heterocycles. The number of rotatable bonds is 4. The van der Waals surface area contributed by atoms with E-state index >= 15 is 0 Å². The predicted octanol–water partition coefficient (Wildman–Crippen LogP) is 3.17. The average Bonchev–Trinajstić information content (AvgIpc) is 2.31. The van der Waals surface area contributed by atoms with Gasteiger partial charge in [-0.15, -0.1) is 0 Å². The number of hydrazone groups is 1. The summed E-state index contributed by atoms with van der Waals surface area (Å²) in [6, 6.07) is 2.34. The third-order valence-electron chi connectivity index (χ3n) is 3.25. The zero-order valence-corrected chi connectivity index (χ0v) is 10.7. The third-order valence-corrected chi connectivity index (χ3v) is 3.25. The Balaban J connectivity index is 1.91. The van der Waals surface area contributed by atoms with Gasteiger partial charge >= 0.3 is 6.18 Å². The lowest BCUT2D eigenvalue weighted by atomic mass is 9.85. The maximum atomic E-state index is 12.3. The van der Waals surface area contributed by atoms with Gasteiger partial charge in [0.25, 0.3) is 0 Å². The maximum Gasteiger partial charge on any atom is 0.417 e. The molecule has 0 N–H and O–H groups in total. The first-order valence-electron chi connectivity index (χ1n) is 6.23. The Labute approximate surface area is 110 Å². The lowest BCUT2D eigenvalue weighted by Crippen LogP contribution is -2.26. The zero-order chi connectivity index (χ0) is 13.9. The summed E-state index contributed by atoms with van der Waals surface area (Å²) in [6.45, 7) is 0.886. The highest BCUT2D eigenvalue weighted by atomic mass is 19.4. The van der Waals surface area contributed by atoms with E-state index in [1.54, 1.807) is 0 Å². The van der Waals surface area contributed by atoms with Crippen LogP contribution in [-0.2, 0) is 6.18 Å². The second-order valence-electron chi connectivity index (χ2n) is 4.85. The van der Waals surface area contributed by atoms with Gasteiger partial charge < -0.3 is 0 Å². The van der Waals surface area contributed by atoms with Crippen molar-refractivity contribution in [3.63, 3.8) is 0 Å². The van der Waals surface area contributed by atoms with Gasteiger partial charge in [0, 0.05) is 19.8 Å². The molecule has 1 fully saturated rings. The Bertz CT molecular complexity index is 435. The lowest BCUT2D eigenvalue weighted by molar-refractivity contribution is -0.137. The van der Waals surface area contributed by atoms with Crippen LogP contribution >= 0.6 is 0 Å². The number of hydrogen-bond acceptors (Lipinski definition) is 3. The van der Waals surface area contributed by atoms with E-state index in [9.17, 15) is 13.2 Å². The van der Waals surface area contributed by atoms with Crippen LogP contribution < -0.4 is 0 Å². The van der Waals surface area contributed by atoms with E-state index in [0.717, 1.165) is 18.8 Å². The average molecular weight is 271 g/mol. The molecule has 0 atom stereocenters. The first-order valence-corrected chi connectivity index (χ1v) is 6.23. The Morgan fingerprint density at radius 2 is 2.16 bits per heavy atom. The molecular weight excluding hydrogens is 255 g/mol. The molecule has 1 aromatic rings. The number of alkyl halides is 3. The van der Waals surface area contributed by atoms with E-state index in [1.165, 1.54) is 31.5 Å². The molecule has 104 valence electrons. The van der Waals surface area contributed by atoms with Gasteiger partial charge in [-0.3, -0.25) is 9.99 Å². The second kappa shape index (κ2) is 5.59. The van der Waals surface area contributed by atoms with E-state index in [1.807, 2.05) is 12.1 Å². The topological polar surface area (TPSA) is 28.5 Å². The molecule has 2 rings (SSSR count). The van der Waals surface area contributed by atoms with Gasteiger partial charge in [0.05, 0.1) is 17.5 Å². The van der Waals surface area contributed by atoms with Crippen molar-refractivity contribution in [2.24, 2.45) is 11.0 Å². The molecule has 1 aliphatic rings. The number of hydrogen-bond donors (Lipinski definition) is 0. The van der Waals surface area contributed by atoms with Crippen molar-refractivity contribution in [2.75, 3.05) is 13.6 Å². The molecule has 1 saturated carbocycles. The highest BCUT2D eigenvalue weighted by molar-refractivity contribution is 5.76. The molecule has 1 aliphatic carbocycles. The van der Waals surface area contributed by atoms with Gasteiger partial charge in [-0.2, -0.15) is 18.3 Å². The fourth-order valence-electron chi connectivity index (χ4n) is 1.90. The van der Waals surface area contributed by atoms with Crippen molar-refractivity contribution in [2.45, 2.75) is 25.4 Å². The fraction of sp³-hybridized carbons (Fsp3) is 0.538. The zero-order valence-electron chi connectivity index (χ0n) is 10.7. The van der Waals surface area contributed by atoms with E-state index in [-0.39, 0.29) is 0 Å². The van der Waals surface area contributed by atoms with Crippen molar-refractivity contribution >= 4 is 6.21 Å². The highest BCUT2D eigenvalue weighted by Crippen LogP contribution is 2.28. The minimum Gasteiger partial charge on any atom is -0.300 e. The van der Waals surface area contributed by atoms with Crippen LogP contribution in [0.1, 0.15) is 30.5 Å². The molecule has 1 aromatic heterocycles. The number of pyridine rings is 1. The lowest BCUT2D eigenvalue weighted by Gasteiger charge is -2.28. The molecule has 0 unspecified atom stereocenters. The van der Waals surface area contributed by atoms with Gasteiger partial charge in [0.1, 0.15) is 0 Å². The Morgan fingerprint density at radius 3 is 2.63 bits per heavy atom. The van der Waals surface area contributed by atoms with Gasteiger partial charge in [-0.05, 0) is 30.9 Å². The first kappa shape index (κ1) is 13.8. The Hall–Kier alpha value is -1.59. The van der Waals surface area contributed by atoms with E-state index in [0.29, 0.717) is 11.6 Å². The normalized spacial score (nSPS) is 16.6. The molecule has 3 nitrogen and oxygen atoms in total.